The summed E-state index contributed by atoms with van der Waals surface area (Å²) in [6.45, 7) is 3.46. The Kier molecular flexibility index (Phi) is 6.15. The van der Waals surface area contributed by atoms with E-state index in [2.05, 4.69) is 14.8 Å². The van der Waals surface area contributed by atoms with Gasteiger partial charge in [-0.05, 0) is 61.4 Å². The molecule has 0 aliphatic heterocycles. The predicted molar refractivity (Wildman–Crippen MR) is 144 cm³/mol. The topological polar surface area (TPSA) is 132 Å². The Bertz CT molecular complexity index is 1790. The molecule has 0 amide bonds. The summed E-state index contributed by atoms with van der Waals surface area (Å²) in [4.78, 5) is 16.3. The van der Waals surface area contributed by atoms with Crippen molar-refractivity contribution >= 4 is 38.2 Å². The number of rotatable bonds is 7. The van der Waals surface area contributed by atoms with Crippen LogP contribution in [0.5, 0.6) is 11.5 Å². The number of anilines is 2. The highest BCUT2D eigenvalue weighted by Gasteiger charge is 2.23. The molecule has 0 radical (unpaired) electrons. The zero-order valence-corrected chi connectivity index (χ0v) is 21.6. The molecule has 194 valence electrons. The van der Waals surface area contributed by atoms with Crippen molar-refractivity contribution in [3.05, 3.63) is 95.1 Å². The van der Waals surface area contributed by atoms with Gasteiger partial charge in [-0.2, -0.15) is 5.10 Å². The third-order valence-electron chi connectivity index (χ3n) is 5.97. The van der Waals surface area contributed by atoms with E-state index in [4.69, 9.17) is 10.5 Å². The van der Waals surface area contributed by atoms with Crippen LogP contribution >= 0.6 is 0 Å². The SMILES string of the molecule is Cc1cc2cc(C(=O)c3cnn(-c4c(C)cc(Oc5ccccc5)cc4F)c3N)[nH]c2cc1NS(C)(=O)=O. The van der Waals surface area contributed by atoms with Crippen molar-refractivity contribution in [1.82, 2.24) is 14.8 Å². The first-order valence-corrected chi connectivity index (χ1v) is 13.4. The standard InChI is InChI=1S/C27H24FN5O4S/c1-15-9-17-11-24(31-23(17)13-22(15)32-38(3,35)36)26(34)20-14-30-33(27(20)29)25-16(2)10-19(12-21(25)28)37-18-7-5-4-6-8-18/h4-14,31-32H,29H2,1-3H3. The summed E-state index contributed by atoms with van der Waals surface area (Å²) in [6.07, 6.45) is 2.35. The van der Waals surface area contributed by atoms with E-state index < -0.39 is 21.6 Å². The van der Waals surface area contributed by atoms with E-state index in [-0.39, 0.29) is 22.8 Å². The second kappa shape index (κ2) is 9.34. The summed E-state index contributed by atoms with van der Waals surface area (Å²) in [6, 6.07) is 16.9. The smallest absolute Gasteiger partial charge is 0.229 e. The van der Waals surface area contributed by atoms with Gasteiger partial charge in [0.1, 0.15) is 23.0 Å². The molecule has 0 unspecified atom stereocenters. The fraction of sp³-hybridized carbons (Fsp3) is 0.111. The number of halogens is 1. The van der Waals surface area contributed by atoms with Crippen LogP contribution in [0.2, 0.25) is 0 Å². The van der Waals surface area contributed by atoms with Gasteiger partial charge >= 0.3 is 0 Å². The third kappa shape index (κ3) is 4.83. The Morgan fingerprint density at radius 1 is 1.05 bits per heavy atom. The Labute approximate surface area is 218 Å². The lowest BCUT2D eigenvalue weighted by molar-refractivity contribution is 0.103. The minimum atomic E-state index is -3.47. The van der Waals surface area contributed by atoms with Crippen molar-refractivity contribution in [2.45, 2.75) is 13.8 Å². The summed E-state index contributed by atoms with van der Waals surface area (Å²) < 4.78 is 47.9. The van der Waals surface area contributed by atoms with Crippen molar-refractivity contribution in [2.24, 2.45) is 0 Å². The van der Waals surface area contributed by atoms with Gasteiger partial charge in [0, 0.05) is 17.0 Å². The van der Waals surface area contributed by atoms with Crippen LogP contribution in [-0.2, 0) is 10.0 Å². The highest BCUT2D eigenvalue weighted by Crippen LogP contribution is 2.31. The molecule has 11 heteroatoms. The van der Waals surface area contributed by atoms with E-state index in [1.54, 1.807) is 50.2 Å². The summed E-state index contributed by atoms with van der Waals surface area (Å²) in [7, 11) is -3.47. The van der Waals surface area contributed by atoms with E-state index >= 15 is 4.39 Å². The van der Waals surface area contributed by atoms with Gasteiger partial charge in [0.15, 0.2) is 5.82 Å². The second-order valence-electron chi connectivity index (χ2n) is 8.98. The van der Waals surface area contributed by atoms with Crippen LogP contribution in [0.3, 0.4) is 0 Å². The van der Waals surface area contributed by atoms with Crippen LogP contribution < -0.4 is 15.2 Å². The molecule has 0 atom stereocenters. The molecule has 0 saturated heterocycles. The largest absolute Gasteiger partial charge is 0.457 e. The van der Waals surface area contributed by atoms with E-state index in [1.165, 1.54) is 16.9 Å². The molecule has 4 N–H and O–H groups in total. The number of ketones is 1. The fourth-order valence-electron chi connectivity index (χ4n) is 4.24. The molecule has 0 aliphatic rings. The maximum Gasteiger partial charge on any atom is 0.229 e. The molecule has 0 saturated carbocycles. The number of fused-ring (bicyclic) bond motifs is 1. The number of para-hydroxylation sites is 1. The zero-order chi connectivity index (χ0) is 27.2. The summed E-state index contributed by atoms with van der Waals surface area (Å²) in [5, 5.41) is 4.90. The molecule has 0 aliphatic carbocycles. The van der Waals surface area contributed by atoms with Crippen LogP contribution in [0.1, 0.15) is 27.2 Å². The van der Waals surface area contributed by atoms with E-state index in [9.17, 15) is 13.2 Å². The van der Waals surface area contributed by atoms with Crippen molar-refractivity contribution in [3.63, 3.8) is 0 Å². The lowest BCUT2D eigenvalue weighted by atomic mass is 10.1. The number of hydrogen-bond donors (Lipinski definition) is 3. The maximum atomic E-state index is 15.2. The van der Waals surface area contributed by atoms with Gasteiger partial charge in [0.05, 0.1) is 29.4 Å². The Morgan fingerprint density at radius 2 is 1.79 bits per heavy atom. The molecule has 0 fully saturated rings. The number of sulfonamides is 1. The highest BCUT2D eigenvalue weighted by atomic mass is 32.2. The monoisotopic (exact) mass is 533 g/mol. The van der Waals surface area contributed by atoms with Crippen LogP contribution in [0, 0.1) is 19.7 Å². The van der Waals surface area contributed by atoms with Crippen LogP contribution in [0.25, 0.3) is 16.6 Å². The number of nitrogens with one attached hydrogen (secondary N) is 2. The summed E-state index contributed by atoms with van der Waals surface area (Å²) in [5.41, 5.74) is 8.86. The van der Waals surface area contributed by atoms with Crippen molar-refractivity contribution in [3.8, 4) is 17.2 Å². The van der Waals surface area contributed by atoms with Gasteiger partial charge in [-0.25, -0.2) is 17.5 Å². The molecular formula is C27H24FN5O4S. The quantitative estimate of drug-likeness (QED) is 0.250. The first kappa shape index (κ1) is 25.0. The average Bonchev–Trinajstić information content (AvgIpc) is 3.41. The van der Waals surface area contributed by atoms with Crippen LogP contribution in [0.4, 0.5) is 15.9 Å². The third-order valence-corrected chi connectivity index (χ3v) is 6.57. The molecule has 2 aromatic heterocycles. The van der Waals surface area contributed by atoms with E-state index in [1.807, 2.05) is 18.2 Å². The first-order chi connectivity index (χ1) is 18.0. The number of aryl methyl sites for hydroxylation is 2. The number of nitrogens with zero attached hydrogens (tertiary/aromatic N) is 2. The highest BCUT2D eigenvalue weighted by molar-refractivity contribution is 7.92. The lowest BCUT2D eigenvalue weighted by Gasteiger charge is -2.13. The predicted octanol–water partition coefficient (Wildman–Crippen LogP) is 5.09. The Balaban J connectivity index is 1.46. The maximum absolute atomic E-state index is 15.2. The van der Waals surface area contributed by atoms with Gasteiger partial charge in [-0.15, -0.1) is 0 Å². The summed E-state index contributed by atoms with van der Waals surface area (Å²) in [5.74, 6) is -0.199. The number of H-pyrrole nitrogens is 1. The van der Waals surface area contributed by atoms with Crippen molar-refractivity contribution in [1.29, 1.82) is 0 Å². The van der Waals surface area contributed by atoms with Crippen LogP contribution in [0.15, 0.2) is 66.9 Å². The van der Waals surface area contributed by atoms with Gasteiger partial charge in [0.25, 0.3) is 0 Å². The molecule has 2 heterocycles. The molecular weight excluding hydrogens is 509 g/mol. The number of aromatic amines is 1. The normalized spacial score (nSPS) is 11.6. The van der Waals surface area contributed by atoms with E-state index in [0.717, 1.165) is 6.26 Å². The zero-order valence-electron chi connectivity index (χ0n) is 20.7. The number of nitrogens with two attached hydrogens (primary N) is 1. The summed E-state index contributed by atoms with van der Waals surface area (Å²) >= 11 is 0. The number of benzene rings is 3. The number of carbonyl (C=O) groups excluding carboxylic acids is 1. The molecule has 38 heavy (non-hydrogen) atoms. The number of hydrogen-bond acceptors (Lipinski definition) is 6. The van der Waals surface area contributed by atoms with Crippen molar-refractivity contribution < 1.29 is 22.3 Å². The number of carbonyl (C=O) groups is 1. The number of aromatic nitrogens is 3. The molecule has 0 bridgehead atoms. The molecule has 5 aromatic rings. The fourth-order valence-corrected chi connectivity index (χ4v) is 4.86. The van der Waals surface area contributed by atoms with Gasteiger partial charge in [-0.1, -0.05) is 18.2 Å². The van der Waals surface area contributed by atoms with Crippen molar-refractivity contribution in [2.75, 3.05) is 16.7 Å². The molecule has 9 nitrogen and oxygen atoms in total. The Morgan fingerprint density at radius 3 is 2.47 bits per heavy atom. The minimum absolute atomic E-state index is 0.0250. The van der Waals surface area contributed by atoms with Gasteiger partial charge in [-0.3, -0.25) is 9.52 Å². The number of ether oxygens (including phenoxy) is 1. The van der Waals surface area contributed by atoms with Gasteiger partial charge in [0.2, 0.25) is 15.8 Å². The lowest BCUT2D eigenvalue weighted by Crippen LogP contribution is -2.10. The van der Waals surface area contributed by atoms with Gasteiger partial charge < -0.3 is 15.5 Å². The second-order valence-corrected chi connectivity index (χ2v) is 10.7. The molecule has 3 aromatic carbocycles. The number of nitrogen functional groups attached to an aromatic ring is 1. The van der Waals surface area contributed by atoms with E-state index in [0.29, 0.717) is 39.2 Å². The average molecular weight is 534 g/mol. The minimum Gasteiger partial charge on any atom is -0.457 e. The van der Waals surface area contributed by atoms with Crippen LogP contribution in [-0.4, -0.2) is 35.2 Å². The molecule has 5 rings (SSSR count). The Hall–Kier alpha value is -4.64. The first-order valence-electron chi connectivity index (χ1n) is 11.5. The molecule has 0 spiro atoms.